The normalized spacial score (nSPS) is 27.7. The molecule has 78 valence electrons. The van der Waals surface area contributed by atoms with Crippen molar-refractivity contribution in [1.29, 1.82) is 0 Å². The van der Waals surface area contributed by atoms with Crippen LogP contribution in [0.15, 0.2) is 22.9 Å². The van der Waals surface area contributed by atoms with Crippen LogP contribution in [0.5, 0.6) is 0 Å². The van der Waals surface area contributed by atoms with Crippen LogP contribution < -0.4 is 0 Å². The van der Waals surface area contributed by atoms with Gasteiger partial charge in [0.2, 0.25) is 0 Å². The number of amides is 1. The number of pyridine rings is 1. The summed E-state index contributed by atoms with van der Waals surface area (Å²) < 4.78 is 0.720. The molecule has 0 aromatic carbocycles. The summed E-state index contributed by atoms with van der Waals surface area (Å²) in [4.78, 5) is 18.0. The van der Waals surface area contributed by atoms with E-state index in [2.05, 4.69) is 20.9 Å². The van der Waals surface area contributed by atoms with Gasteiger partial charge in [-0.2, -0.15) is 0 Å². The highest BCUT2D eigenvalue weighted by Crippen LogP contribution is 2.45. The van der Waals surface area contributed by atoms with E-state index < -0.39 is 0 Å². The Hall–Kier alpha value is -0.900. The van der Waals surface area contributed by atoms with Gasteiger partial charge in [0.05, 0.1) is 0 Å². The SMILES string of the molecule is O=C(c1ccnc(Br)c1)N1CC2CC2C1. The highest BCUT2D eigenvalue weighted by molar-refractivity contribution is 9.10. The molecule has 2 heterocycles. The fourth-order valence-electron chi connectivity index (χ4n) is 2.28. The molecule has 1 amide bonds. The van der Waals surface area contributed by atoms with Gasteiger partial charge >= 0.3 is 0 Å². The Bertz CT molecular complexity index is 411. The van der Waals surface area contributed by atoms with Crippen molar-refractivity contribution in [3.8, 4) is 0 Å². The van der Waals surface area contributed by atoms with Crippen molar-refractivity contribution < 1.29 is 4.79 Å². The van der Waals surface area contributed by atoms with Gasteiger partial charge in [-0.3, -0.25) is 4.79 Å². The van der Waals surface area contributed by atoms with Gasteiger partial charge in [0.1, 0.15) is 4.60 Å². The molecule has 2 fully saturated rings. The Balaban J connectivity index is 1.79. The summed E-state index contributed by atoms with van der Waals surface area (Å²) in [5.74, 6) is 1.73. The smallest absolute Gasteiger partial charge is 0.254 e. The Morgan fingerprint density at radius 1 is 1.47 bits per heavy atom. The number of carbonyl (C=O) groups excluding carboxylic acids is 1. The molecule has 3 nitrogen and oxygen atoms in total. The fourth-order valence-corrected chi connectivity index (χ4v) is 2.65. The first kappa shape index (κ1) is 9.33. The van der Waals surface area contributed by atoms with E-state index >= 15 is 0 Å². The summed E-state index contributed by atoms with van der Waals surface area (Å²) in [7, 11) is 0. The molecule has 0 spiro atoms. The van der Waals surface area contributed by atoms with Crippen LogP contribution in [0, 0.1) is 11.8 Å². The summed E-state index contributed by atoms with van der Waals surface area (Å²) in [6.07, 6.45) is 2.98. The molecule has 4 heteroatoms. The first-order valence-electron chi connectivity index (χ1n) is 5.15. The third-order valence-corrected chi connectivity index (χ3v) is 3.67. The molecule has 1 aromatic heterocycles. The number of fused-ring (bicyclic) bond motifs is 1. The molecule has 2 aliphatic rings. The molecule has 0 bridgehead atoms. The number of piperidine rings is 1. The second-order valence-corrected chi connectivity index (χ2v) is 5.15. The lowest BCUT2D eigenvalue weighted by molar-refractivity contribution is 0.0775. The van der Waals surface area contributed by atoms with Crippen molar-refractivity contribution in [2.75, 3.05) is 13.1 Å². The van der Waals surface area contributed by atoms with Gasteiger partial charge in [0.25, 0.3) is 5.91 Å². The van der Waals surface area contributed by atoms with E-state index in [0.717, 1.165) is 35.1 Å². The number of halogens is 1. The van der Waals surface area contributed by atoms with Crippen molar-refractivity contribution in [1.82, 2.24) is 9.88 Å². The van der Waals surface area contributed by atoms with Crippen LogP contribution in [0.1, 0.15) is 16.8 Å². The largest absolute Gasteiger partial charge is 0.338 e. The van der Waals surface area contributed by atoms with E-state index in [0.29, 0.717) is 0 Å². The van der Waals surface area contributed by atoms with Crippen molar-refractivity contribution >= 4 is 21.8 Å². The summed E-state index contributed by atoms with van der Waals surface area (Å²) in [6.45, 7) is 1.90. The van der Waals surface area contributed by atoms with E-state index in [-0.39, 0.29) is 5.91 Å². The van der Waals surface area contributed by atoms with Gasteiger partial charge in [-0.05, 0) is 46.3 Å². The van der Waals surface area contributed by atoms with Gasteiger partial charge in [-0.15, -0.1) is 0 Å². The first-order valence-corrected chi connectivity index (χ1v) is 5.94. The number of hydrogen-bond donors (Lipinski definition) is 0. The van der Waals surface area contributed by atoms with Crippen LogP contribution in [-0.4, -0.2) is 28.9 Å². The van der Waals surface area contributed by atoms with Crippen LogP contribution in [-0.2, 0) is 0 Å². The van der Waals surface area contributed by atoms with E-state index in [1.807, 2.05) is 4.90 Å². The third-order valence-electron chi connectivity index (χ3n) is 3.24. The minimum absolute atomic E-state index is 0.144. The van der Waals surface area contributed by atoms with Gasteiger partial charge in [-0.1, -0.05) is 0 Å². The minimum Gasteiger partial charge on any atom is -0.338 e. The molecular weight excluding hydrogens is 256 g/mol. The van der Waals surface area contributed by atoms with Crippen LogP contribution in [0.4, 0.5) is 0 Å². The lowest BCUT2D eigenvalue weighted by atomic mass is 10.2. The standard InChI is InChI=1S/C11H11BrN2O/c12-10-4-7(1-2-13-10)11(15)14-5-8-3-9(8)6-14/h1-2,4,8-9H,3,5-6H2. The molecule has 2 unspecified atom stereocenters. The van der Waals surface area contributed by atoms with E-state index in [9.17, 15) is 4.79 Å². The molecule has 1 aliphatic heterocycles. The van der Waals surface area contributed by atoms with Crippen LogP contribution in [0.3, 0.4) is 0 Å². The maximum absolute atomic E-state index is 12.0. The third kappa shape index (κ3) is 1.67. The Morgan fingerprint density at radius 2 is 2.20 bits per heavy atom. The fraction of sp³-hybridized carbons (Fsp3) is 0.455. The Morgan fingerprint density at radius 3 is 2.87 bits per heavy atom. The quantitative estimate of drug-likeness (QED) is 0.728. The second kappa shape index (κ2) is 3.30. The van der Waals surface area contributed by atoms with Crippen molar-refractivity contribution in [3.63, 3.8) is 0 Å². The molecule has 15 heavy (non-hydrogen) atoms. The highest BCUT2D eigenvalue weighted by Gasteiger charge is 2.46. The van der Waals surface area contributed by atoms with Crippen molar-refractivity contribution in [2.24, 2.45) is 11.8 Å². The Labute approximate surface area is 96.6 Å². The molecule has 1 aliphatic carbocycles. The zero-order valence-corrected chi connectivity index (χ0v) is 9.77. The predicted molar refractivity (Wildman–Crippen MR) is 59.4 cm³/mol. The van der Waals surface area contributed by atoms with Gasteiger partial charge < -0.3 is 4.90 Å². The first-order chi connectivity index (χ1) is 7.24. The zero-order valence-electron chi connectivity index (χ0n) is 8.19. The van der Waals surface area contributed by atoms with Crippen LogP contribution >= 0.6 is 15.9 Å². The maximum atomic E-state index is 12.0. The van der Waals surface area contributed by atoms with Crippen molar-refractivity contribution in [3.05, 3.63) is 28.5 Å². The monoisotopic (exact) mass is 266 g/mol. The summed E-state index contributed by atoms with van der Waals surface area (Å²) in [5, 5.41) is 0. The highest BCUT2D eigenvalue weighted by atomic mass is 79.9. The minimum atomic E-state index is 0.144. The number of aromatic nitrogens is 1. The number of likely N-dealkylation sites (tertiary alicyclic amines) is 1. The molecule has 3 rings (SSSR count). The zero-order chi connectivity index (χ0) is 10.4. The lowest BCUT2D eigenvalue weighted by Gasteiger charge is -2.17. The molecule has 2 atom stereocenters. The molecular formula is C11H11BrN2O. The predicted octanol–water partition coefficient (Wildman–Crippen LogP) is 1.94. The Kier molecular flexibility index (Phi) is 2.06. The van der Waals surface area contributed by atoms with Gasteiger partial charge in [-0.25, -0.2) is 4.98 Å². The average molecular weight is 267 g/mol. The number of rotatable bonds is 1. The summed E-state index contributed by atoms with van der Waals surface area (Å²) in [5.41, 5.74) is 0.734. The van der Waals surface area contributed by atoms with E-state index in [1.54, 1.807) is 18.3 Å². The summed E-state index contributed by atoms with van der Waals surface area (Å²) >= 11 is 3.28. The number of hydrogen-bond acceptors (Lipinski definition) is 2. The molecule has 1 aromatic rings. The second-order valence-electron chi connectivity index (χ2n) is 4.33. The maximum Gasteiger partial charge on any atom is 0.254 e. The van der Waals surface area contributed by atoms with Crippen molar-refractivity contribution in [2.45, 2.75) is 6.42 Å². The van der Waals surface area contributed by atoms with E-state index in [1.165, 1.54) is 6.42 Å². The number of carbonyl (C=O) groups is 1. The van der Waals surface area contributed by atoms with E-state index in [4.69, 9.17) is 0 Å². The molecule has 0 radical (unpaired) electrons. The lowest BCUT2D eigenvalue weighted by Crippen LogP contribution is -2.30. The van der Waals surface area contributed by atoms with Crippen LogP contribution in [0.2, 0.25) is 0 Å². The van der Waals surface area contributed by atoms with Crippen LogP contribution in [0.25, 0.3) is 0 Å². The topological polar surface area (TPSA) is 33.2 Å². The average Bonchev–Trinajstić information content (AvgIpc) is 2.85. The summed E-state index contributed by atoms with van der Waals surface area (Å²) in [6, 6.07) is 3.56. The molecule has 0 N–H and O–H groups in total. The molecule has 1 saturated heterocycles. The molecule has 1 saturated carbocycles. The van der Waals surface area contributed by atoms with Gasteiger partial charge in [0.15, 0.2) is 0 Å². The number of nitrogens with zero attached hydrogens (tertiary/aromatic N) is 2. The van der Waals surface area contributed by atoms with Gasteiger partial charge in [0, 0.05) is 24.8 Å².